The van der Waals surface area contributed by atoms with E-state index in [0.717, 1.165) is 0 Å². The molecule has 1 aromatic carbocycles. The van der Waals surface area contributed by atoms with Crippen LogP contribution in [0.4, 0.5) is 5.69 Å². The number of hydrogen-bond donors (Lipinski definition) is 0. The molecule has 31 heavy (non-hydrogen) atoms. The van der Waals surface area contributed by atoms with Crippen LogP contribution in [-0.4, -0.2) is 31.1 Å². The number of rotatable bonds is 7. The molecule has 0 aliphatic heterocycles. The number of non-ortho nitro benzene ring substituents is 1. The van der Waals surface area contributed by atoms with Crippen LogP contribution in [0.2, 0.25) is 0 Å². The van der Waals surface area contributed by atoms with Gasteiger partial charge in [0.05, 0.1) is 11.1 Å². The zero-order valence-electron chi connectivity index (χ0n) is 15.7. The molecule has 3 heterocycles. The Hall–Kier alpha value is -4.67. The molecule has 0 amide bonds. The molecule has 0 aliphatic carbocycles. The first-order chi connectivity index (χ1) is 15.1. The van der Waals surface area contributed by atoms with E-state index < -0.39 is 10.9 Å². The Labute approximate surface area is 174 Å². The SMILES string of the molecule is O=C(OCc1nnc(-c2ccc([N+](=O)[O-])cc2)o1)c1cccnc1Oc1cccnc1. The molecule has 3 aromatic heterocycles. The van der Waals surface area contributed by atoms with Crippen LogP contribution in [0, 0.1) is 10.1 Å². The van der Waals surface area contributed by atoms with Gasteiger partial charge in [0.15, 0.2) is 6.61 Å². The zero-order chi connectivity index (χ0) is 21.6. The van der Waals surface area contributed by atoms with Crippen LogP contribution in [-0.2, 0) is 11.3 Å². The highest BCUT2D eigenvalue weighted by Crippen LogP contribution is 2.24. The first-order valence-corrected chi connectivity index (χ1v) is 8.87. The highest BCUT2D eigenvalue weighted by molar-refractivity contribution is 5.91. The van der Waals surface area contributed by atoms with Gasteiger partial charge in [0.2, 0.25) is 11.8 Å². The molecule has 11 nitrogen and oxygen atoms in total. The minimum Gasteiger partial charge on any atom is -0.452 e. The van der Waals surface area contributed by atoms with Crippen LogP contribution < -0.4 is 4.74 Å². The summed E-state index contributed by atoms with van der Waals surface area (Å²) in [6.07, 6.45) is 4.56. The summed E-state index contributed by atoms with van der Waals surface area (Å²) in [6, 6.07) is 12.1. The van der Waals surface area contributed by atoms with Gasteiger partial charge in [-0.1, -0.05) is 0 Å². The third kappa shape index (κ3) is 4.67. The summed E-state index contributed by atoms with van der Waals surface area (Å²) in [4.78, 5) is 30.7. The summed E-state index contributed by atoms with van der Waals surface area (Å²) in [5.74, 6) is -0.0113. The summed E-state index contributed by atoms with van der Waals surface area (Å²) in [5, 5.41) is 18.4. The number of carbonyl (C=O) groups is 1. The van der Waals surface area contributed by atoms with Gasteiger partial charge in [-0.2, -0.15) is 0 Å². The van der Waals surface area contributed by atoms with Crippen molar-refractivity contribution >= 4 is 11.7 Å². The highest BCUT2D eigenvalue weighted by Gasteiger charge is 2.18. The number of hydrogen-bond acceptors (Lipinski definition) is 10. The predicted octanol–water partition coefficient (Wildman–Crippen LogP) is 3.58. The van der Waals surface area contributed by atoms with Gasteiger partial charge < -0.3 is 13.9 Å². The van der Waals surface area contributed by atoms with Gasteiger partial charge >= 0.3 is 5.97 Å². The summed E-state index contributed by atoms with van der Waals surface area (Å²) in [7, 11) is 0. The second-order valence-electron chi connectivity index (χ2n) is 6.03. The van der Waals surface area contributed by atoms with Crippen molar-refractivity contribution in [3.05, 3.63) is 88.7 Å². The lowest BCUT2D eigenvalue weighted by molar-refractivity contribution is -0.384. The average molecular weight is 419 g/mol. The molecule has 0 aliphatic rings. The maximum absolute atomic E-state index is 12.5. The number of esters is 1. The molecule has 0 atom stereocenters. The Kier molecular flexibility index (Phi) is 5.56. The number of nitro benzene ring substituents is 1. The topological polar surface area (TPSA) is 143 Å². The minimum atomic E-state index is -0.693. The van der Waals surface area contributed by atoms with E-state index in [9.17, 15) is 14.9 Å². The maximum atomic E-state index is 12.5. The van der Waals surface area contributed by atoms with Gasteiger partial charge in [0, 0.05) is 30.1 Å². The Morgan fingerprint density at radius 1 is 1.06 bits per heavy atom. The van der Waals surface area contributed by atoms with Crippen LogP contribution >= 0.6 is 0 Å². The average Bonchev–Trinajstić information content (AvgIpc) is 3.28. The minimum absolute atomic E-state index is 0.0559. The fourth-order valence-corrected chi connectivity index (χ4v) is 2.51. The number of pyridine rings is 2. The van der Waals surface area contributed by atoms with Crippen molar-refractivity contribution in [2.45, 2.75) is 6.61 Å². The van der Waals surface area contributed by atoms with E-state index >= 15 is 0 Å². The lowest BCUT2D eigenvalue weighted by atomic mass is 10.2. The number of nitro groups is 1. The molecule has 0 radical (unpaired) electrons. The highest BCUT2D eigenvalue weighted by atomic mass is 16.6. The van der Waals surface area contributed by atoms with Crippen LogP contribution in [0.25, 0.3) is 11.5 Å². The number of carbonyl (C=O) groups excluding carboxylic acids is 1. The molecule has 4 rings (SSSR count). The van der Waals surface area contributed by atoms with Crippen molar-refractivity contribution in [3.63, 3.8) is 0 Å². The first kappa shape index (κ1) is 19.6. The number of aromatic nitrogens is 4. The second kappa shape index (κ2) is 8.78. The van der Waals surface area contributed by atoms with Gasteiger partial charge in [-0.05, 0) is 36.4 Å². The van der Waals surface area contributed by atoms with Crippen molar-refractivity contribution in [3.8, 4) is 23.1 Å². The Balaban J connectivity index is 1.42. The molecule has 0 saturated carbocycles. The van der Waals surface area contributed by atoms with Crippen molar-refractivity contribution in [2.24, 2.45) is 0 Å². The summed E-state index contributed by atoms with van der Waals surface area (Å²) < 4.78 is 16.3. The number of benzene rings is 1. The Morgan fingerprint density at radius 2 is 1.87 bits per heavy atom. The lowest BCUT2D eigenvalue weighted by Crippen LogP contribution is -2.08. The van der Waals surface area contributed by atoms with Crippen molar-refractivity contribution in [2.75, 3.05) is 0 Å². The van der Waals surface area contributed by atoms with E-state index in [4.69, 9.17) is 13.9 Å². The van der Waals surface area contributed by atoms with E-state index in [1.54, 1.807) is 24.4 Å². The first-order valence-electron chi connectivity index (χ1n) is 8.87. The quantitative estimate of drug-likeness (QED) is 0.247. The van der Waals surface area contributed by atoms with Gasteiger partial charge in [-0.25, -0.2) is 9.78 Å². The lowest BCUT2D eigenvalue weighted by Gasteiger charge is -2.08. The van der Waals surface area contributed by atoms with E-state index in [1.165, 1.54) is 42.7 Å². The smallest absolute Gasteiger partial charge is 0.344 e. The fourth-order valence-electron chi connectivity index (χ4n) is 2.51. The molecule has 0 fully saturated rings. The molecular weight excluding hydrogens is 406 g/mol. The molecular formula is C20H13N5O6. The molecule has 154 valence electrons. The fraction of sp³-hybridized carbons (Fsp3) is 0.0500. The molecule has 0 saturated heterocycles. The monoisotopic (exact) mass is 419 g/mol. The van der Waals surface area contributed by atoms with Crippen LogP contribution in [0.5, 0.6) is 11.6 Å². The van der Waals surface area contributed by atoms with E-state index in [0.29, 0.717) is 11.3 Å². The second-order valence-corrected chi connectivity index (χ2v) is 6.03. The number of nitrogens with zero attached hydrogens (tertiary/aromatic N) is 5. The van der Waals surface area contributed by atoms with Crippen LogP contribution in [0.1, 0.15) is 16.2 Å². The largest absolute Gasteiger partial charge is 0.452 e. The van der Waals surface area contributed by atoms with E-state index in [-0.39, 0.29) is 35.5 Å². The summed E-state index contributed by atoms with van der Waals surface area (Å²) >= 11 is 0. The zero-order valence-corrected chi connectivity index (χ0v) is 15.7. The van der Waals surface area contributed by atoms with Crippen molar-refractivity contribution in [1.82, 2.24) is 20.2 Å². The third-order valence-corrected chi connectivity index (χ3v) is 3.96. The maximum Gasteiger partial charge on any atom is 0.344 e. The van der Waals surface area contributed by atoms with Gasteiger partial charge in [-0.15, -0.1) is 10.2 Å². The molecule has 4 aromatic rings. The third-order valence-electron chi connectivity index (χ3n) is 3.96. The van der Waals surface area contributed by atoms with E-state index in [2.05, 4.69) is 20.2 Å². The Bertz CT molecular complexity index is 1210. The molecule has 0 spiro atoms. The van der Waals surface area contributed by atoms with Gasteiger partial charge in [0.1, 0.15) is 11.3 Å². The number of ether oxygens (including phenoxy) is 2. The standard InChI is InChI=1S/C20H13N5O6/c26-20(16-4-2-10-22-19(16)30-15-3-1-9-21-11-15)29-12-17-23-24-18(31-17)13-5-7-14(8-6-13)25(27)28/h1-11H,12H2. The van der Waals surface area contributed by atoms with Crippen molar-refractivity contribution in [1.29, 1.82) is 0 Å². The van der Waals surface area contributed by atoms with Gasteiger partial charge in [-0.3, -0.25) is 15.1 Å². The van der Waals surface area contributed by atoms with Crippen LogP contribution in [0.15, 0.2) is 71.5 Å². The van der Waals surface area contributed by atoms with Crippen LogP contribution in [0.3, 0.4) is 0 Å². The predicted molar refractivity (Wildman–Crippen MR) is 104 cm³/mol. The molecule has 11 heteroatoms. The van der Waals surface area contributed by atoms with E-state index in [1.807, 2.05) is 0 Å². The summed E-state index contributed by atoms with van der Waals surface area (Å²) in [5.41, 5.74) is 0.551. The molecule has 0 unspecified atom stereocenters. The summed E-state index contributed by atoms with van der Waals surface area (Å²) in [6.45, 7) is -0.278. The normalized spacial score (nSPS) is 10.5. The van der Waals surface area contributed by atoms with Gasteiger partial charge in [0.25, 0.3) is 11.6 Å². The Morgan fingerprint density at radius 3 is 2.61 bits per heavy atom. The molecule has 0 bridgehead atoms. The van der Waals surface area contributed by atoms with Crippen molar-refractivity contribution < 1.29 is 23.6 Å². The molecule has 0 N–H and O–H groups in total.